The molecule has 1 rings (SSSR count). The third kappa shape index (κ3) is 6.43. The van der Waals surface area contributed by atoms with Gasteiger partial charge in [0.15, 0.2) is 12.5 Å². The second kappa shape index (κ2) is 7.63. The number of halogens is 5. The first kappa shape index (κ1) is 17.7. The van der Waals surface area contributed by atoms with E-state index in [0.29, 0.717) is 21.1 Å². The molecule has 1 aromatic rings. The monoisotopic (exact) mass is 419 g/mol. The molecule has 1 unspecified atom stereocenters. The van der Waals surface area contributed by atoms with E-state index in [1.165, 1.54) is 0 Å². The Morgan fingerprint density at radius 3 is 2.25 bits per heavy atom. The van der Waals surface area contributed by atoms with Gasteiger partial charge in [-0.2, -0.15) is 13.2 Å². The van der Waals surface area contributed by atoms with Gasteiger partial charge in [0.25, 0.3) is 0 Å². The molecule has 0 fully saturated rings. The first-order valence-electron chi connectivity index (χ1n) is 5.70. The minimum absolute atomic E-state index is 0.00990. The van der Waals surface area contributed by atoms with Crippen LogP contribution in [0.4, 0.5) is 13.2 Å². The third-order valence-electron chi connectivity index (χ3n) is 2.17. The van der Waals surface area contributed by atoms with Crippen LogP contribution in [-0.4, -0.2) is 25.6 Å². The Balaban J connectivity index is 2.62. The van der Waals surface area contributed by atoms with Crippen molar-refractivity contribution in [2.45, 2.75) is 25.6 Å². The van der Waals surface area contributed by atoms with Crippen molar-refractivity contribution >= 4 is 31.9 Å². The van der Waals surface area contributed by atoms with E-state index >= 15 is 0 Å². The molecular formula is C12H14Br2F3NO2. The molecule has 2 N–H and O–H groups in total. The summed E-state index contributed by atoms with van der Waals surface area (Å²) in [6.45, 7) is 0.0611. The fourth-order valence-electron chi connectivity index (χ4n) is 1.50. The van der Waals surface area contributed by atoms with Crippen LogP contribution in [0, 0.1) is 0 Å². The third-order valence-corrected chi connectivity index (χ3v) is 3.35. The molecule has 0 aliphatic rings. The van der Waals surface area contributed by atoms with Gasteiger partial charge in [0.2, 0.25) is 0 Å². The van der Waals surface area contributed by atoms with Crippen molar-refractivity contribution in [2.24, 2.45) is 5.73 Å². The van der Waals surface area contributed by atoms with E-state index in [0.717, 1.165) is 5.56 Å². The van der Waals surface area contributed by atoms with Gasteiger partial charge in [-0.1, -0.05) is 0 Å². The lowest BCUT2D eigenvalue weighted by Gasteiger charge is -2.14. The van der Waals surface area contributed by atoms with Crippen LogP contribution in [0.3, 0.4) is 0 Å². The van der Waals surface area contributed by atoms with Crippen molar-refractivity contribution in [3.8, 4) is 5.75 Å². The largest absolute Gasteiger partial charge is 0.465 e. The van der Waals surface area contributed by atoms with Gasteiger partial charge in [-0.15, -0.1) is 0 Å². The molecule has 0 spiro atoms. The number of alkyl halides is 3. The Morgan fingerprint density at radius 2 is 1.80 bits per heavy atom. The second-order valence-corrected chi connectivity index (χ2v) is 6.00. The van der Waals surface area contributed by atoms with Crippen LogP contribution in [0.2, 0.25) is 0 Å². The normalized spacial score (nSPS) is 13.3. The molecule has 1 atom stereocenters. The van der Waals surface area contributed by atoms with Crippen LogP contribution in [0.15, 0.2) is 21.1 Å². The van der Waals surface area contributed by atoms with Gasteiger partial charge in [-0.25, -0.2) is 0 Å². The van der Waals surface area contributed by atoms with E-state index in [1.807, 2.05) is 19.1 Å². The number of rotatable bonds is 6. The zero-order valence-corrected chi connectivity index (χ0v) is 13.8. The summed E-state index contributed by atoms with van der Waals surface area (Å²) in [4.78, 5) is 0. The zero-order valence-electron chi connectivity index (χ0n) is 10.6. The van der Waals surface area contributed by atoms with Crippen molar-refractivity contribution in [3.05, 3.63) is 26.6 Å². The molecular weight excluding hydrogens is 407 g/mol. The average molecular weight is 421 g/mol. The maximum absolute atomic E-state index is 11.9. The van der Waals surface area contributed by atoms with Crippen LogP contribution in [0.1, 0.15) is 12.5 Å². The topological polar surface area (TPSA) is 44.5 Å². The Morgan fingerprint density at radius 1 is 1.25 bits per heavy atom. The van der Waals surface area contributed by atoms with Crippen molar-refractivity contribution in [1.82, 2.24) is 0 Å². The fraction of sp³-hybridized carbons (Fsp3) is 0.500. The Hall–Kier alpha value is -0.310. The summed E-state index contributed by atoms with van der Waals surface area (Å²) in [7, 11) is 0. The van der Waals surface area contributed by atoms with Crippen LogP contribution in [-0.2, 0) is 11.2 Å². The highest BCUT2D eigenvalue weighted by atomic mass is 79.9. The summed E-state index contributed by atoms with van der Waals surface area (Å²) >= 11 is 6.61. The number of nitrogens with two attached hydrogens (primary N) is 1. The molecule has 0 radical (unpaired) electrons. The van der Waals surface area contributed by atoms with Crippen LogP contribution < -0.4 is 10.5 Å². The van der Waals surface area contributed by atoms with E-state index in [2.05, 4.69) is 36.6 Å². The van der Waals surface area contributed by atoms with Crippen LogP contribution >= 0.6 is 31.9 Å². The highest BCUT2D eigenvalue weighted by Crippen LogP contribution is 2.35. The Labute approximate surface area is 131 Å². The van der Waals surface area contributed by atoms with E-state index in [4.69, 9.17) is 10.5 Å². The maximum atomic E-state index is 11.9. The van der Waals surface area contributed by atoms with Gasteiger partial charge in [-0.3, -0.25) is 0 Å². The quantitative estimate of drug-likeness (QED) is 0.558. The minimum Gasteiger partial charge on any atom is -0.465 e. The highest BCUT2D eigenvalue weighted by Gasteiger charge is 2.27. The summed E-state index contributed by atoms with van der Waals surface area (Å²) in [5.74, 6) is 0.389. The molecule has 0 aliphatic carbocycles. The van der Waals surface area contributed by atoms with Crippen molar-refractivity contribution in [3.63, 3.8) is 0 Å². The van der Waals surface area contributed by atoms with Gasteiger partial charge in [0, 0.05) is 6.04 Å². The molecule has 8 heteroatoms. The van der Waals surface area contributed by atoms with E-state index in [9.17, 15) is 13.2 Å². The first-order chi connectivity index (χ1) is 9.19. The maximum Gasteiger partial charge on any atom is 0.411 e. The van der Waals surface area contributed by atoms with E-state index in [-0.39, 0.29) is 6.04 Å². The first-order valence-corrected chi connectivity index (χ1v) is 7.28. The molecule has 0 saturated heterocycles. The lowest BCUT2D eigenvalue weighted by atomic mass is 10.1. The number of benzene rings is 1. The molecule has 3 nitrogen and oxygen atoms in total. The second-order valence-electron chi connectivity index (χ2n) is 4.30. The molecule has 0 heterocycles. The predicted octanol–water partition coefficient (Wildman–Crippen LogP) is 4.02. The number of hydrogen-bond acceptors (Lipinski definition) is 3. The standard InChI is InChI=1S/C12H14Br2F3NO2/c1-7(18)2-8-3-9(13)11(10(14)4-8)20-6-19-5-12(15,16)17/h3-4,7H,2,5-6,18H2,1H3. The van der Waals surface area contributed by atoms with Gasteiger partial charge in [0.1, 0.15) is 6.61 Å². The van der Waals surface area contributed by atoms with Crippen molar-refractivity contribution in [1.29, 1.82) is 0 Å². The summed E-state index contributed by atoms with van der Waals surface area (Å²) in [6, 6.07) is 3.64. The van der Waals surface area contributed by atoms with Crippen LogP contribution in [0.25, 0.3) is 0 Å². The minimum atomic E-state index is -4.36. The molecule has 0 bridgehead atoms. The highest BCUT2D eigenvalue weighted by molar-refractivity contribution is 9.11. The Bertz CT molecular complexity index is 430. The molecule has 0 saturated carbocycles. The molecule has 20 heavy (non-hydrogen) atoms. The van der Waals surface area contributed by atoms with Crippen LogP contribution in [0.5, 0.6) is 5.75 Å². The van der Waals surface area contributed by atoms with E-state index in [1.54, 1.807) is 0 Å². The molecule has 0 aromatic heterocycles. The molecule has 114 valence electrons. The summed E-state index contributed by atoms with van der Waals surface area (Å²) in [5.41, 5.74) is 6.70. The van der Waals surface area contributed by atoms with Gasteiger partial charge in [-0.05, 0) is 62.9 Å². The molecule has 0 aliphatic heterocycles. The van der Waals surface area contributed by atoms with Crippen molar-refractivity contribution < 1.29 is 22.6 Å². The lowest BCUT2D eigenvalue weighted by molar-refractivity contribution is -0.186. The Kier molecular flexibility index (Phi) is 6.77. The predicted molar refractivity (Wildman–Crippen MR) is 76.7 cm³/mol. The number of ether oxygens (including phenoxy) is 2. The van der Waals surface area contributed by atoms with E-state index < -0.39 is 19.6 Å². The van der Waals surface area contributed by atoms with Gasteiger partial charge in [0.05, 0.1) is 8.95 Å². The lowest BCUT2D eigenvalue weighted by Crippen LogP contribution is -2.19. The SMILES string of the molecule is CC(N)Cc1cc(Br)c(OCOCC(F)(F)F)c(Br)c1. The fourth-order valence-corrected chi connectivity index (χ4v) is 3.01. The zero-order chi connectivity index (χ0) is 15.3. The van der Waals surface area contributed by atoms with Crippen molar-refractivity contribution in [2.75, 3.05) is 13.4 Å². The molecule has 0 amide bonds. The molecule has 1 aromatic carbocycles. The van der Waals surface area contributed by atoms with Gasteiger partial charge >= 0.3 is 6.18 Å². The summed E-state index contributed by atoms with van der Waals surface area (Å²) in [6.07, 6.45) is -3.68. The number of hydrogen-bond donors (Lipinski definition) is 1. The van der Waals surface area contributed by atoms with Gasteiger partial charge < -0.3 is 15.2 Å². The smallest absolute Gasteiger partial charge is 0.411 e. The summed E-state index contributed by atoms with van der Waals surface area (Å²) in [5, 5.41) is 0. The summed E-state index contributed by atoms with van der Waals surface area (Å²) < 4.78 is 46.5. The average Bonchev–Trinajstić information content (AvgIpc) is 2.24.